The molecule has 0 aromatic heterocycles. The van der Waals surface area contributed by atoms with Gasteiger partial charge in [-0.3, -0.25) is 4.79 Å². The van der Waals surface area contributed by atoms with Gasteiger partial charge in [-0.2, -0.15) is 0 Å². The van der Waals surface area contributed by atoms with E-state index < -0.39 is 0 Å². The van der Waals surface area contributed by atoms with E-state index in [4.69, 9.17) is 0 Å². The van der Waals surface area contributed by atoms with Crippen LogP contribution in [-0.2, 0) is 0 Å². The Labute approximate surface area is 89.3 Å². The quantitative estimate of drug-likeness (QED) is 0.716. The van der Waals surface area contributed by atoms with Crippen LogP contribution in [0.15, 0.2) is 30.3 Å². The molecule has 13 heavy (non-hydrogen) atoms. The molecule has 0 amide bonds. The molecule has 0 saturated heterocycles. The fourth-order valence-electron chi connectivity index (χ4n) is 1.31. The number of hydrogen-bond acceptors (Lipinski definition) is 2. The third-order valence-electron chi connectivity index (χ3n) is 1.88. The van der Waals surface area contributed by atoms with Crippen molar-refractivity contribution in [3.05, 3.63) is 41.5 Å². The minimum atomic E-state index is 0.155. The van der Waals surface area contributed by atoms with Crippen LogP contribution < -0.4 is 0 Å². The number of benzene rings is 1. The van der Waals surface area contributed by atoms with E-state index in [1.165, 1.54) is 11.8 Å². The van der Waals surface area contributed by atoms with Gasteiger partial charge in [0.05, 0.1) is 0 Å². The van der Waals surface area contributed by atoms with Crippen molar-refractivity contribution in [1.29, 1.82) is 0 Å². The van der Waals surface area contributed by atoms with Crippen molar-refractivity contribution < 1.29 is 4.79 Å². The number of thioether (sulfide) groups is 1. The summed E-state index contributed by atoms with van der Waals surface area (Å²) in [6.07, 6.45) is 2.02. The van der Waals surface area contributed by atoms with Crippen molar-refractivity contribution in [2.24, 2.45) is 0 Å². The Morgan fingerprint density at radius 1 is 1.31 bits per heavy atom. The highest BCUT2D eigenvalue weighted by Gasteiger charge is 2.23. The van der Waals surface area contributed by atoms with Gasteiger partial charge in [0.15, 0.2) is 0 Å². The molecule has 1 aliphatic rings. The summed E-state index contributed by atoms with van der Waals surface area (Å²) in [4.78, 5) is 12.5. The maximum Gasteiger partial charge on any atom is 0.224 e. The summed E-state index contributed by atoms with van der Waals surface area (Å²) in [5.74, 6) is 0. The van der Waals surface area contributed by atoms with E-state index in [0.29, 0.717) is 0 Å². The number of hydrogen-bond donors (Lipinski definition) is 0. The lowest BCUT2D eigenvalue weighted by atomic mass is 10.1. The van der Waals surface area contributed by atoms with Gasteiger partial charge in [-0.15, -0.1) is 0 Å². The van der Waals surface area contributed by atoms with E-state index in [-0.39, 0.29) is 5.12 Å². The van der Waals surface area contributed by atoms with Crippen molar-refractivity contribution in [3.8, 4) is 0 Å². The van der Waals surface area contributed by atoms with Gasteiger partial charge in [0.2, 0.25) is 5.12 Å². The summed E-state index contributed by atoms with van der Waals surface area (Å²) >= 11 is 4.64. The fraction of sp³-hybridized carbons (Fsp3) is 0.100. The molecule has 1 aromatic carbocycles. The first kappa shape index (κ1) is 9.03. The van der Waals surface area contributed by atoms with Gasteiger partial charge < -0.3 is 0 Å². The second-order valence-corrected chi connectivity index (χ2v) is 4.32. The van der Waals surface area contributed by atoms with Crippen LogP contribution in [-0.4, -0.2) is 10.4 Å². The maximum absolute atomic E-state index is 11.5. The Morgan fingerprint density at radius 3 is 2.69 bits per heavy atom. The van der Waals surface area contributed by atoms with Gasteiger partial charge in [0, 0.05) is 15.8 Å². The molecule has 0 aliphatic carbocycles. The second kappa shape index (κ2) is 3.68. The molecular formula is C10H7BrOS. The minimum Gasteiger partial charge on any atom is -0.281 e. The molecule has 0 saturated carbocycles. The Kier molecular flexibility index (Phi) is 2.56. The van der Waals surface area contributed by atoms with Crippen LogP contribution >= 0.6 is 27.7 Å². The molecule has 0 atom stereocenters. The molecule has 1 nitrogen and oxygen atoms in total. The highest BCUT2D eigenvalue weighted by molar-refractivity contribution is 9.09. The molecule has 1 aromatic rings. The summed E-state index contributed by atoms with van der Waals surface area (Å²) in [6.45, 7) is 0. The lowest BCUT2D eigenvalue weighted by Gasteiger charge is -1.95. The van der Waals surface area contributed by atoms with Gasteiger partial charge >= 0.3 is 0 Å². The monoisotopic (exact) mass is 254 g/mol. The average Bonchev–Trinajstić information content (AvgIpc) is 2.46. The average molecular weight is 255 g/mol. The Hall–Kier alpha value is -0.540. The molecule has 0 unspecified atom stereocenters. The van der Waals surface area contributed by atoms with E-state index in [1.807, 2.05) is 30.3 Å². The number of fused-ring (bicyclic) bond motifs is 1. The zero-order valence-electron chi connectivity index (χ0n) is 6.79. The molecule has 66 valence electrons. The third kappa shape index (κ3) is 1.58. The Balaban J connectivity index is 2.53. The second-order valence-electron chi connectivity index (χ2n) is 2.66. The summed E-state index contributed by atoms with van der Waals surface area (Å²) in [5.41, 5.74) is 1.90. The first-order valence-electron chi connectivity index (χ1n) is 3.90. The van der Waals surface area contributed by atoms with E-state index >= 15 is 0 Å². The van der Waals surface area contributed by atoms with E-state index in [2.05, 4.69) is 15.9 Å². The molecular weight excluding hydrogens is 248 g/mol. The SMILES string of the molecule is O=C1SC(=CCBr)c2ccccc21. The molecule has 0 spiro atoms. The van der Waals surface area contributed by atoms with Crippen LogP contribution in [0.3, 0.4) is 0 Å². The molecule has 1 aliphatic heterocycles. The van der Waals surface area contributed by atoms with Gasteiger partial charge in [-0.05, 0) is 23.4 Å². The zero-order chi connectivity index (χ0) is 9.26. The molecule has 1 heterocycles. The predicted octanol–water partition coefficient (Wildman–Crippen LogP) is 3.31. The van der Waals surface area contributed by atoms with Crippen molar-refractivity contribution in [2.45, 2.75) is 0 Å². The third-order valence-corrected chi connectivity index (χ3v) is 3.21. The summed E-state index contributed by atoms with van der Waals surface area (Å²) in [7, 11) is 0. The van der Waals surface area contributed by atoms with Crippen LogP contribution in [0.5, 0.6) is 0 Å². The number of alkyl halides is 1. The summed E-state index contributed by atoms with van der Waals surface area (Å²) < 4.78 is 0. The van der Waals surface area contributed by atoms with Crippen molar-refractivity contribution >= 4 is 37.7 Å². The summed E-state index contributed by atoms with van der Waals surface area (Å²) in [6, 6.07) is 7.72. The molecule has 2 rings (SSSR count). The van der Waals surface area contributed by atoms with E-state index in [0.717, 1.165) is 21.4 Å². The molecule has 0 radical (unpaired) electrons. The maximum atomic E-state index is 11.5. The molecule has 3 heteroatoms. The number of carbonyl (C=O) groups is 1. The lowest BCUT2D eigenvalue weighted by molar-refractivity contribution is 0.109. The van der Waals surface area contributed by atoms with Crippen LogP contribution in [0.1, 0.15) is 15.9 Å². The van der Waals surface area contributed by atoms with Crippen molar-refractivity contribution in [3.63, 3.8) is 0 Å². The molecule has 0 fully saturated rings. The number of rotatable bonds is 1. The fourth-order valence-corrected chi connectivity index (χ4v) is 2.79. The van der Waals surface area contributed by atoms with E-state index in [1.54, 1.807) is 0 Å². The van der Waals surface area contributed by atoms with Gasteiger partial charge in [0.25, 0.3) is 0 Å². The standard InChI is InChI=1S/C10H7BrOS/c11-6-5-9-7-3-1-2-4-8(7)10(12)13-9/h1-5H,6H2. The van der Waals surface area contributed by atoms with E-state index in [9.17, 15) is 4.79 Å². The van der Waals surface area contributed by atoms with Crippen LogP contribution in [0.4, 0.5) is 0 Å². The van der Waals surface area contributed by atoms with Gasteiger partial charge in [0.1, 0.15) is 0 Å². The highest BCUT2D eigenvalue weighted by atomic mass is 79.9. The van der Waals surface area contributed by atoms with Crippen LogP contribution in [0.2, 0.25) is 0 Å². The molecule has 0 bridgehead atoms. The Bertz CT molecular complexity index is 384. The topological polar surface area (TPSA) is 17.1 Å². The molecule has 0 N–H and O–H groups in total. The van der Waals surface area contributed by atoms with Crippen LogP contribution in [0, 0.1) is 0 Å². The lowest BCUT2D eigenvalue weighted by Crippen LogP contribution is -1.85. The van der Waals surface area contributed by atoms with Crippen molar-refractivity contribution in [2.75, 3.05) is 5.33 Å². The number of carbonyl (C=O) groups excluding carboxylic acids is 1. The van der Waals surface area contributed by atoms with Crippen molar-refractivity contribution in [1.82, 2.24) is 0 Å². The normalized spacial score (nSPS) is 17.9. The number of halogens is 1. The first-order chi connectivity index (χ1) is 6.33. The highest BCUT2D eigenvalue weighted by Crippen LogP contribution is 2.40. The first-order valence-corrected chi connectivity index (χ1v) is 5.84. The Morgan fingerprint density at radius 2 is 2.00 bits per heavy atom. The predicted molar refractivity (Wildman–Crippen MR) is 60.1 cm³/mol. The number of allylic oxidation sites excluding steroid dienone is 1. The summed E-state index contributed by atoms with van der Waals surface area (Å²) in [5, 5.41) is 0.944. The van der Waals surface area contributed by atoms with Gasteiger partial charge in [-0.1, -0.05) is 40.2 Å². The van der Waals surface area contributed by atoms with Gasteiger partial charge in [-0.25, -0.2) is 0 Å². The largest absolute Gasteiger partial charge is 0.281 e. The van der Waals surface area contributed by atoms with Crippen LogP contribution in [0.25, 0.3) is 4.91 Å². The minimum absolute atomic E-state index is 0.155. The zero-order valence-corrected chi connectivity index (χ0v) is 9.19. The smallest absolute Gasteiger partial charge is 0.224 e.